The quantitative estimate of drug-likeness (QED) is 0.688. The lowest BCUT2D eigenvalue weighted by atomic mass is 10.2. The minimum Gasteiger partial charge on any atom is -0.491 e. The Hall–Kier alpha value is -1.13. The Bertz CT molecular complexity index is 345. The molecule has 0 aliphatic heterocycles. The van der Waals surface area contributed by atoms with Crippen LogP contribution >= 0.6 is 0 Å². The highest BCUT2D eigenvalue weighted by molar-refractivity contribution is 5.29. The summed E-state index contributed by atoms with van der Waals surface area (Å²) >= 11 is 0. The minimum atomic E-state index is -0.269. The number of ether oxygens (including phenoxy) is 2. The standard InChI is InChI=1S/C14H22FNO2/c1-3-5-17-6-7-18-14-9-12(11-16-4-2)8-13(15)10-14/h8-10,16H,3-7,11H2,1-2H3. The van der Waals surface area contributed by atoms with Crippen LogP contribution in [0.1, 0.15) is 25.8 Å². The van der Waals surface area contributed by atoms with Crippen molar-refractivity contribution in [3.63, 3.8) is 0 Å². The van der Waals surface area contributed by atoms with Gasteiger partial charge in [0, 0.05) is 19.2 Å². The summed E-state index contributed by atoms with van der Waals surface area (Å²) in [5.41, 5.74) is 0.890. The van der Waals surface area contributed by atoms with Gasteiger partial charge in [-0.05, 0) is 30.7 Å². The molecule has 3 nitrogen and oxygen atoms in total. The van der Waals surface area contributed by atoms with Crippen LogP contribution in [0.3, 0.4) is 0 Å². The second-order valence-corrected chi connectivity index (χ2v) is 4.04. The average molecular weight is 255 g/mol. The average Bonchev–Trinajstić information content (AvgIpc) is 2.35. The number of benzene rings is 1. The van der Waals surface area contributed by atoms with Crippen LogP contribution in [0.4, 0.5) is 4.39 Å². The molecule has 1 aromatic rings. The fourth-order valence-electron chi connectivity index (χ4n) is 1.54. The molecular weight excluding hydrogens is 233 g/mol. The first-order chi connectivity index (χ1) is 8.76. The molecule has 1 rings (SSSR count). The van der Waals surface area contributed by atoms with E-state index in [1.165, 1.54) is 12.1 Å². The van der Waals surface area contributed by atoms with Crippen molar-refractivity contribution in [3.05, 3.63) is 29.6 Å². The molecular formula is C14H22FNO2. The van der Waals surface area contributed by atoms with Crippen molar-refractivity contribution in [1.82, 2.24) is 5.32 Å². The Morgan fingerprint density at radius 2 is 1.94 bits per heavy atom. The third-order valence-electron chi connectivity index (χ3n) is 2.36. The first kappa shape index (κ1) is 14.9. The molecule has 0 spiro atoms. The maximum atomic E-state index is 13.3. The van der Waals surface area contributed by atoms with E-state index in [9.17, 15) is 4.39 Å². The van der Waals surface area contributed by atoms with Gasteiger partial charge in [-0.2, -0.15) is 0 Å². The molecule has 0 heterocycles. The van der Waals surface area contributed by atoms with E-state index in [0.29, 0.717) is 25.5 Å². The summed E-state index contributed by atoms with van der Waals surface area (Å²) in [5, 5.41) is 3.16. The SMILES string of the molecule is CCCOCCOc1cc(F)cc(CNCC)c1. The first-order valence-corrected chi connectivity index (χ1v) is 6.47. The predicted molar refractivity (Wildman–Crippen MR) is 70.4 cm³/mol. The molecule has 1 aromatic carbocycles. The molecule has 0 aromatic heterocycles. The van der Waals surface area contributed by atoms with Crippen LogP contribution in [-0.2, 0) is 11.3 Å². The summed E-state index contributed by atoms with van der Waals surface area (Å²) in [7, 11) is 0. The summed E-state index contributed by atoms with van der Waals surface area (Å²) in [6.07, 6.45) is 0.993. The maximum Gasteiger partial charge on any atom is 0.127 e. The largest absolute Gasteiger partial charge is 0.491 e. The van der Waals surface area contributed by atoms with E-state index in [-0.39, 0.29) is 5.82 Å². The Kier molecular flexibility index (Phi) is 7.37. The van der Waals surface area contributed by atoms with Crippen molar-refractivity contribution < 1.29 is 13.9 Å². The topological polar surface area (TPSA) is 30.5 Å². The van der Waals surface area contributed by atoms with Gasteiger partial charge in [0.15, 0.2) is 0 Å². The molecule has 0 aliphatic rings. The van der Waals surface area contributed by atoms with Gasteiger partial charge in [0.05, 0.1) is 6.61 Å². The number of rotatable bonds is 9. The molecule has 0 aliphatic carbocycles. The van der Waals surface area contributed by atoms with Crippen molar-refractivity contribution in [3.8, 4) is 5.75 Å². The van der Waals surface area contributed by atoms with E-state index >= 15 is 0 Å². The van der Waals surface area contributed by atoms with Crippen LogP contribution in [0, 0.1) is 5.82 Å². The molecule has 1 N–H and O–H groups in total. The maximum absolute atomic E-state index is 13.3. The molecule has 0 atom stereocenters. The van der Waals surface area contributed by atoms with Crippen LogP contribution in [0.2, 0.25) is 0 Å². The third kappa shape index (κ3) is 5.98. The van der Waals surface area contributed by atoms with E-state index < -0.39 is 0 Å². The monoisotopic (exact) mass is 255 g/mol. The third-order valence-corrected chi connectivity index (χ3v) is 2.36. The zero-order valence-electron chi connectivity index (χ0n) is 11.2. The summed E-state index contributed by atoms with van der Waals surface area (Å²) in [5.74, 6) is 0.290. The Morgan fingerprint density at radius 1 is 1.11 bits per heavy atom. The van der Waals surface area contributed by atoms with Gasteiger partial charge in [-0.25, -0.2) is 4.39 Å². The fourth-order valence-corrected chi connectivity index (χ4v) is 1.54. The van der Waals surface area contributed by atoms with Crippen LogP contribution in [0.25, 0.3) is 0 Å². The highest BCUT2D eigenvalue weighted by Crippen LogP contribution is 2.16. The lowest BCUT2D eigenvalue weighted by Crippen LogP contribution is -2.12. The Labute approximate surface area is 108 Å². The summed E-state index contributed by atoms with van der Waals surface area (Å²) in [4.78, 5) is 0. The molecule has 0 fully saturated rings. The first-order valence-electron chi connectivity index (χ1n) is 6.47. The van der Waals surface area contributed by atoms with Gasteiger partial charge >= 0.3 is 0 Å². The van der Waals surface area contributed by atoms with Gasteiger partial charge < -0.3 is 14.8 Å². The normalized spacial score (nSPS) is 10.6. The van der Waals surface area contributed by atoms with Crippen LogP contribution in [0.15, 0.2) is 18.2 Å². The lowest BCUT2D eigenvalue weighted by Gasteiger charge is -2.09. The van der Waals surface area contributed by atoms with Gasteiger partial charge in [0.2, 0.25) is 0 Å². The van der Waals surface area contributed by atoms with E-state index in [1.807, 2.05) is 13.0 Å². The fraction of sp³-hybridized carbons (Fsp3) is 0.571. The Morgan fingerprint density at radius 3 is 2.67 bits per heavy atom. The van der Waals surface area contributed by atoms with E-state index in [1.54, 1.807) is 0 Å². The molecule has 102 valence electrons. The summed E-state index contributed by atoms with van der Waals surface area (Å²) in [6.45, 7) is 7.30. The van der Waals surface area contributed by atoms with Gasteiger partial charge in [0.1, 0.15) is 18.2 Å². The number of nitrogens with one attached hydrogen (secondary N) is 1. The molecule has 0 bridgehead atoms. The van der Waals surface area contributed by atoms with Crippen molar-refractivity contribution in [2.24, 2.45) is 0 Å². The smallest absolute Gasteiger partial charge is 0.127 e. The van der Waals surface area contributed by atoms with Crippen LogP contribution < -0.4 is 10.1 Å². The molecule has 0 radical (unpaired) electrons. The molecule has 4 heteroatoms. The Balaban J connectivity index is 2.41. The highest BCUT2D eigenvalue weighted by Gasteiger charge is 2.01. The second-order valence-electron chi connectivity index (χ2n) is 4.04. The predicted octanol–water partition coefficient (Wildman–Crippen LogP) is 2.74. The molecule has 0 amide bonds. The summed E-state index contributed by atoms with van der Waals surface area (Å²) < 4.78 is 24.1. The zero-order chi connectivity index (χ0) is 13.2. The lowest BCUT2D eigenvalue weighted by molar-refractivity contribution is 0.100. The van der Waals surface area contributed by atoms with E-state index in [4.69, 9.17) is 9.47 Å². The molecule has 18 heavy (non-hydrogen) atoms. The van der Waals surface area contributed by atoms with Gasteiger partial charge in [0.25, 0.3) is 0 Å². The second kappa shape index (κ2) is 8.89. The van der Waals surface area contributed by atoms with Crippen molar-refractivity contribution in [2.45, 2.75) is 26.8 Å². The van der Waals surface area contributed by atoms with Gasteiger partial charge in [-0.3, -0.25) is 0 Å². The molecule has 0 unspecified atom stereocenters. The van der Waals surface area contributed by atoms with Gasteiger partial charge in [-0.1, -0.05) is 13.8 Å². The minimum absolute atomic E-state index is 0.269. The number of hydrogen-bond donors (Lipinski definition) is 1. The van der Waals surface area contributed by atoms with E-state index in [0.717, 1.165) is 25.1 Å². The number of hydrogen-bond acceptors (Lipinski definition) is 3. The van der Waals surface area contributed by atoms with Crippen molar-refractivity contribution in [2.75, 3.05) is 26.4 Å². The van der Waals surface area contributed by atoms with E-state index in [2.05, 4.69) is 12.2 Å². The van der Waals surface area contributed by atoms with Crippen molar-refractivity contribution >= 4 is 0 Å². The molecule has 0 saturated heterocycles. The van der Waals surface area contributed by atoms with Crippen molar-refractivity contribution in [1.29, 1.82) is 0 Å². The number of halogens is 1. The van der Waals surface area contributed by atoms with Crippen LogP contribution in [-0.4, -0.2) is 26.4 Å². The summed E-state index contributed by atoms with van der Waals surface area (Å²) in [6, 6.07) is 4.77. The van der Waals surface area contributed by atoms with Gasteiger partial charge in [-0.15, -0.1) is 0 Å². The zero-order valence-corrected chi connectivity index (χ0v) is 11.2. The highest BCUT2D eigenvalue weighted by atomic mass is 19.1. The molecule has 0 saturated carbocycles. The van der Waals surface area contributed by atoms with Crippen LogP contribution in [0.5, 0.6) is 5.75 Å².